The van der Waals surface area contributed by atoms with E-state index in [4.69, 9.17) is 5.14 Å². The van der Waals surface area contributed by atoms with Crippen molar-refractivity contribution in [2.45, 2.75) is 11.4 Å². The van der Waals surface area contributed by atoms with Crippen LogP contribution in [0.1, 0.15) is 0 Å². The quantitative estimate of drug-likeness (QED) is 0.674. The zero-order chi connectivity index (χ0) is 18.0. The van der Waals surface area contributed by atoms with Crippen molar-refractivity contribution in [3.05, 3.63) is 61.4 Å². The van der Waals surface area contributed by atoms with Gasteiger partial charge in [-0.05, 0) is 30.3 Å². The first-order valence-corrected chi connectivity index (χ1v) is 8.97. The van der Waals surface area contributed by atoms with E-state index in [9.17, 15) is 13.2 Å². The van der Waals surface area contributed by atoms with Gasteiger partial charge in [-0.1, -0.05) is 24.8 Å². The van der Waals surface area contributed by atoms with Crippen LogP contribution in [0.3, 0.4) is 0 Å². The van der Waals surface area contributed by atoms with Gasteiger partial charge in [-0.2, -0.15) is 0 Å². The second-order valence-corrected chi connectivity index (χ2v) is 7.00. The summed E-state index contributed by atoms with van der Waals surface area (Å²) in [5.74, 6) is -0.288. The molecule has 0 aliphatic heterocycles. The van der Waals surface area contributed by atoms with E-state index in [2.05, 4.69) is 11.9 Å². The van der Waals surface area contributed by atoms with Crippen molar-refractivity contribution in [2.75, 3.05) is 5.32 Å². The molecule has 3 N–H and O–H groups in total. The number of primary sulfonamides is 1. The molecule has 0 spiro atoms. The van der Waals surface area contributed by atoms with E-state index < -0.39 is 10.0 Å². The van der Waals surface area contributed by atoms with Gasteiger partial charge in [0, 0.05) is 5.69 Å². The first-order valence-electron chi connectivity index (χ1n) is 7.43. The van der Waals surface area contributed by atoms with Gasteiger partial charge in [-0.25, -0.2) is 22.7 Å². The number of hydrogen-bond donors (Lipinski definition) is 2. The zero-order valence-corrected chi connectivity index (χ0v) is 14.1. The maximum absolute atomic E-state index is 12.3. The molecule has 0 radical (unpaired) electrons. The first kappa shape index (κ1) is 16.9. The van der Waals surface area contributed by atoms with Crippen LogP contribution in [0, 0.1) is 0 Å². The topological polar surface area (TPSA) is 98.1 Å². The number of hydrogen-bond acceptors (Lipinski definition) is 3. The van der Waals surface area contributed by atoms with Crippen molar-refractivity contribution < 1.29 is 17.8 Å². The lowest BCUT2D eigenvalue weighted by atomic mass is 10.3. The molecule has 1 heterocycles. The van der Waals surface area contributed by atoms with Gasteiger partial charge in [0.2, 0.25) is 16.4 Å². The van der Waals surface area contributed by atoms with Crippen molar-refractivity contribution in [2.24, 2.45) is 5.14 Å². The first-order chi connectivity index (χ1) is 11.9. The molecule has 1 amide bonds. The number of carbonyl (C=O) groups excluding carboxylic acids is 1. The summed E-state index contributed by atoms with van der Waals surface area (Å²) < 4.78 is 26.4. The van der Waals surface area contributed by atoms with Crippen molar-refractivity contribution in [3.8, 4) is 0 Å². The minimum atomic E-state index is -3.82. The maximum atomic E-state index is 12.3. The molecule has 0 unspecified atom stereocenters. The third-order valence-corrected chi connectivity index (χ3v) is 4.60. The lowest BCUT2D eigenvalue weighted by molar-refractivity contribution is -0.658. The Hall–Kier alpha value is -2.97. The molecule has 0 atom stereocenters. The zero-order valence-electron chi connectivity index (χ0n) is 13.3. The van der Waals surface area contributed by atoms with Crippen molar-refractivity contribution in [1.82, 2.24) is 4.57 Å². The van der Waals surface area contributed by atoms with E-state index in [1.807, 2.05) is 28.8 Å². The second kappa shape index (κ2) is 6.50. The molecule has 0 fully saturated rings. The van der Waals surface area contributed by atoms with Crippen molar-refractivity contribution in [1.29, 1.82) is 0 Å². The number of anilines is 1. The van der Waals surface area contributed by atoms with Crippen LogP contribution in [0.5, 0.6) is 0 Å². The van der Waals surface area contributed by atoms with Crippen LogP contribution < -0.4 is 15.0 Å². The minimum absolute atomic E-state index is 0.0544. The Balaban J connectivity index is 1.83. The number of nitrogens with zero attached hydrogens (tertiary/aromatic N) is 2. The predicted molar refractivity (Wildman–Crippen MR) is 95.0 cm³/mol. The van der Waals surface area contributed by atoms with Crippen LogP contribution in [0.25, 0.3) is 17.2 Å². The number of benzene rings is 2. The number of rotatable bonds is 5. The Kier molecular flexibility index (Phi) is 4.39. The van der Waals surface area contributed by atoms with Gasteiger partial charge < -0.3 is 5.32 Å². The molecule has 25 heavy (non-hydrogen) atoms. The fourth-order valence-electron chi connectivity index (χ4n) is 2.58. The van der Waals surface area contributed by atoms with Crippen LogP contribution in [-0.4, -0.2) is 18.9 Å². The molecular weight excluding hydrogens is 340 g/mol. The summed E-state index contributed by atoms with van der Waals surface area (Å²) in [5, 5.41) is 7.78. The number of nitrogens with one attached hydrogen (secondary N) is 1. The Morgan fingerprint density at radius 1 is 1.24 bits per heavy atom. The third-order valence-electron chi connectivity index (χ3n) is 3.69. The molecule has 128 valence electrons. The molecule has 3 aromatic rings. The van der Waals surface area contributed by atoms with Crippen LogP contribution in [0.15, 0.2) is 66.3 Å². The molecule has 0 saturated carbocycles. The molecule has 1 aromatic heterocycles. The lowest BCUT2D eigenvalue weighted by Gasteiger charge is -2.05. The fraction of sp³-hybridized carbons (Fsp3) is 0.0588. The molecule has 3 rings (SSSR count). The minimum Gasteiger partial charge on any atom is -0.323 e. The van der Waals surface area contributed by atoms with E-state index in [1.54, 1.807) is 23.2 Å². The highest BCUT2D eigenvalue weighted by Gasteiger charge is 2.17. The normalized spacial score (nSPS) is 11.4. The van der Waals surface area contributed by atoms with Gasteiger partial charge in [0.15, 0.2) is 17.6 Å². The summed E-state index contributed by atoms with van der Waals surface area (Å²) in [6, 6.07) is 13.5. The van der Waals surface area contributed by atoms with Gasteiger partial charge in [0.05, 0.1) is 11.1 Å². The summed E-state index contributed by atoms with van der Waals surface area (Å²) in [6.45, 7) is 3.82. The number of amides is 1. The molecule has 0 aliphatic rings. The fourth-order valence-corrected chi connectivity index (χ4v) is 3.14. The van der Waals surface area contributed by atoms with E-state index in [0.29, 0.717) is 5.69 Å². The number of fused-ring (bicyclic) bond motifs is 1. The highest BCUT2D eigenvalue weighted by Crippen LogP contribution is 2.14. The molecular formula is C17H17N4O3S+. The van der Waals surface area contributed by atoms with Crippen LogP contribution in [0.2, 0.25) is 0 Å². The lowest BCUT2D eigenvalue weighted by Crippen LogP contribution is -2.39. The number of nitrogens with two attached hydrogens (primary N) is 1. The monoisotopic (exact) mass is 357 g/mol. The maximum Gasteiger partial charge on any atom is 0.266 e. The summed E-state index contributed by atoms with van der Waals surface area (Å²) in [7, 11) is -3.82. The van der Waals surface area contributed by atoms with Gasteiger partial charge in [-0.3, -0.25) is 4.79 Å². The van der Waals surface area contributed by atoms with Gasteiger partial charge in [0.1, 0.15) is 0 Å². The number of imidazole rings is 1. The summed E-state index contributed by atoms with van der Waals surface area (Å²) >= 11 is 0. The highest BCUT2D eigenvalue weighted by atomic mass is 32.2. The largest absolute Gasteiger partial charge is 0.323 e. The average molecular weight is 357 g/mol. The highest BCUT2D eigenvalue weighted by molar-refractivity contribution is 7.89. The van der Waals surface area contributed by atoms with Crippen molar-refractivity contribution >= 4 is 38.9 Å². The molecule has 0 bridgehead atoms. The molecule has 8 heteroatoms. The number of para-hydroxylation sites is 2. The van der Waals surface area contributed by atoms with Gasteiger partial charge >= 0.3 is 0 Å². The Morgan fingerprint density at radius 3 is 2.72 bits per heavy atom. The standard InChI is InChI=1S/C17H16N4O3S/c1-2-20-12-21(16-9-4-3-8-15(16)20)11-17(22)19-13-6-5-7-14(10-13)25(18,23)24/h2-10,12H,1,11H2,(H2-,18,19,22,23,24)/p+1. The van der Waals surface area contributed by atoms with E-state index >= 15 is 0 Å². The smallest absolute Gasteiger partial charge is 0.266 e. The predicted octanol–water partition coefficient (Wildman–Crippen LogP) is 1.32. The molecule has 7 nitrogen and oxygen atoms in total. The van der Waals surface area contributed by atoms with Gasteiger partial charge in [0.25, 0.3) is 5.91 Å². The summed E-state index contributed by atoms with van der Waals surface area (Å²) in [6.07, 6.45) is 3.43. The SMILES string of the molecule is C=Cn1c[n+](CC(=O)Nc2cccc(S(N)(=O)=O)c2)c2ccccc21. The molecule has 0 aliphatic carbocycles. The van der Waals surface area contributed by atoms with Crippen LogP contribution in [0.4, 0.5) is 5.69 Å². The summed E-state index contributed by atoms with van der Waals surface area (Å²) in [5.41, 5.74) is 2.18. The van der Waals surface area contributed by atoms with E-state index in [1.165, 1.54) is 18.2 Å². The van der Waals surface area contributed by atoms with Crippen LogP contribution >= 0.6 is 0 Å². The van der Waals surface area contributed by atoms with Gasteiger partial charge in [-0.15, -0.1) is 0 Å². The molecule has 0 saturated heterocycles. The number of sulfonamides is 1. The third kappa shape index (κ3) is 3.59. The van der Waals surface area contributed by atoms with E-state index in [0.717, 1.165) is 11.0 Å². The second-order valence-electron chi connectivity index (χ2n) is 5.44. The Morgan fingerprint density at radius 2 is 2.00 bits per heavy atom. The summed E-state index contributed by atoms with van der Waals surface area (Å²) in [4.78, 5) is 12.3. The Bertz CT molecular complexity index is 1070. The Labute approximate surface area is 145 Å². The van der Waals surface area contributed by atoms with E-state index in [-0.39, 0.29) is 17.3 Å². The molecule has 2 aromatic carbocycles. The van der Waals surface area contributed by atoms with Crippen molar-refractivity contribution in [3.63, 3.8) is 0 Å². The number of aromatic nitrogens is 2. The average Bonchev–Trinajstić information content (AvgIpc) is 2.92. The number of carbonyl (C=O) groups is 1. The van der Waals surface area contributed by atoms with Crippen LogP contribution in [-0.2, 0) is 21.4 Å².